The molecule has 1 aromatic heterocycles. The Morgan fingerprint density at radius 2 is 1.76 bits per heavy atom. The van der Waals surface area contributed by atoms with Crippen molar-refractivity contribution in [2.75, 3.05) is 11.9 Å². The first-order chi connectivity index (χ1) is 9.63. The van der Waals surface area contributed by atoms with Gasteiger partial charge in [0.05, 0.1) is 0 Å². The Balaban J connectivity index is 2.77. The monoisotopic (exact) mass is 334 g/mol. The minimum absolute atomic E-state index is 0.141. The van der Waals surface area contributed by atoms with E-state index in [1.807, 2.05) is 0 Å². The van der Waals surface area contributed by atoms with Gasteiger partial charge in [-0.1, -0.05) is 39.0 Å². The second-order valence-electron chi connectivity index (χ2n) is 5.56. The number of hydrogen-bond donors (Lipinski definition) is 2. The molecule has 1 heterocycles. The van der Waals surface area contributed by atoms with E-state index in [1.165, 1.54) is 6.92 Å². The van der Waals surface area contributed by atoms with Crippen LogP contribution in [0.4, 0.5) is 5.13 Å². The lowest BCUT2D eigenvalue weighted by Gasteiger charge is -2.24. The van der Waals surface area contributed by atoms with Gasteiger partial charge in [0.1, 0.15) is 0 Å². The first kappa shape index (κ1) is 18.0. The molecule has 0 saturated heterocycles. The third-order valence-corrected chi connectivity index (χ3v) is 5.77. The van der Waals surface area contributed by atoms with Gasteiger partial charge in [-0.2, -0.15) is 0 Å². The molecule has 1 rings (SSSR count). The fraction of sp³-hybridized carbons (Fsp3) is 0.750. The van der Waals surface area contributed by atoms with Crippen molar-refractivity contribution in [3.8, 4) is 0 Å². The van der Waals surface area contributed by atoms with Gasteiger partial charge in [0.15, 0.2) is 0 Å². The van der Waals surface area contributed by atoms with Crippen molar-refractivity contribution in [1.82, 2.24) is 14.9 Å². The third kappa shape index (κ3) is 5.33. The Morgan fingerprint density at radius 3 is 2.24 bits per heavy atom. The number of carbonyl (C=O) groups excluding carboxylic acids is 1. The molecule has 0 aliphatic rings. The van der Waals surface area contributed by atoms with Crippen LogP contribution >= 0.6 is 11.3 Å². The number of aromatic nitrogens is 2. The summed E-state index contributed by atoms with van der Waals surface area (Å²) in [6.07, 6.45) is 0. The molecule has 0 aliphatic carbocycles. The highest BCUT2D eigenvalue weighted by molar-refractivity contribution is 7.91. The van der Waals surface area contributed by atoms with E-state index in [0.29, 0.717) is 18.4 Å². The highest BCUT2D eigenvalue weighted by Gasteiger charge is 2.24. The number of rotatable bonds is 7. The van der Waals surface area contributed by atoms with Crippen LogP contribution in [0, 0.1) is 17.8 Å². The normalized spacial score (nSPS) is 12.4. The van der Waals surface area contributed by atoms with Crippen molar-refractivity contribution in [2.45, 2.75) is 39.0 Å². The molecule has 0 bridgehead atoms. The van der Waals surface area contributed by atoms with Crippen molar-refractivity contribution in [3.05, 3.63) is 0 Å². The highest BCUT2D eigenvalue weighted by atomic mass is 32.2. The van der Waals surface area contributed by atoms with Gasteiger partial charge in [-0.15, -0.1) is 10.2 Å². The zero-order valence-corrected chi connectivity index (χ0v) is 14.5. The standard InChI is InChI=1S/C12H22N4O3S2/c1-7(2)10(8(3)4)6-13-21(18,19)12-16-15-11(20-12)14-9(5)17/h7-8,10,13H,6H2,1-5H3,(H,14,15,17). The molecule has 1 aromatic rings. The van der Waals surface area contributed by atoms with E-state index in [2.05, 4.69) is 47.9 Å². The Labute approximate surface area is 129 Å². The van der Waals surface area contributed by atoms with Crippen LogP contribution in [-0.4, -0.2) is 31.1 Å². The van der Waals surface area contributed by atoms with E-state index < -0.39 is 10.0 Å². The lowest BCUT2D eigenvalue weighted by Crippen LogP contribution is -2.33. The van der Waals surface area contributed by atoms with Crippen LogP contribution in [0.25, 0.3) is 0 Å². The quantitative estimate of drug-likeness (QED) is 0.739. The maximum Gasteiger partial charge on any atom is 0.269 e. The van der Waals surface area contributed by atoms with E-state index in [0.717, 1.165) is 11.3 Å². The molecule has 21 heavy (non-hydrogen) atoms. The van der Waals surface area contributed by atoms with Crippen LogP contribution < -0.4 is 10.0 Å². The molecule has 2 N–H and O–H groups in total. The minimum Gasteiger partial charge on any atom is -0.301 e. The Kier molecular flexibility index (Phi) is 6.24. The van der Waals surface area contributed by atoms with Crippen LogP contribution in [0.1, 0.15) is 34.6 Å². The van der Waals surface area contributed by atoms with E-state index in [-0.39, 0.29) is 21.3 Å². The van der Waals surface area contributed by atoms with Crippen LogP contribution in [0.5, 0.6) is 0 Å². The zero-order valence-electron chi connectivity index (χ0n) is 12.9. The number of hydrogen-bond acceptors (Lipinski definition) is 6. The van der Waals surface area contributed by atoms with Gasteiger partial charge in [0.2, 0.25) is 15.4 Å². The second kappa shape index (κ2) is 7.28. The van der Waals surface area contributed by atoms with E-state index in [4.69, 9.17) is 0 Å². The number of carbonyl (C=O) groups is 1. The van der Waals surface area contributed by atoms with Gasteiger partial charge < -0.3 is 5.32 Å². The summed E-state index contributed by atoms with van der Waals surface area (Å²) in [5.41, 5.74) is 0. The third-order valence-electron chi connectivity index (χ3n) is 3.14. The Bertz CT molecular complexity index is 573. The van der Waals surface area contributed by atoms with E-state index >= 15 is 0 Å². The van der Waals surface area contributed by atoms with Crippen molar-refractivity contribution in [2.24, 2.45) is 17.8 Å². The maximum absolute atomic E-state index is 12.2. The molecule has 0 aliphatic heterocycles. The Morgan fingerprint density at radius 1 is 1.19 bits per heavy atom. The van der Waals surface area contributed by atoms with E-state index in [1.54, 1.807) is 0 Å². The number of nitrogens with zero attached hydrogens (tertiary/aromatic N) is 2. The van der Waals surface area contributed by atoms with Crippen molar-refractivity contribution < 1.29 is 13.2 Å². The van der Waals surface area contributed by atoms with Crippen LogP contribution in [0.2, 0.25) is 0 Å². The van der Waals surface area contributed by atoms with Gasteiger partial charge in [0, 0.05) is 13.5 Å². The number of amides is 1. The average molecular weight is 334 g/mol. The van der Waals surface area contributed by atoms with Crippen molar-refractivity contribution in [3.63, 3.8) is 0 Å². The summed E-state index contributed by atoms with van der Waals surface area (Å²) < 4.78 is 26.8. The molecule has 9 heteroatoms. The number of nitrogens with one attached hydrogen (secondary N) is 2. The summed E-state index contributed by atoms with van der Waals surface area (Å²) in [4.78, 5) is 10.9. The summed E-state index contributed by atoms with van der Waals surface area (Å²) in [5, 5.41) is 9.83. The molecule has 1 amide bonds. The summed E-state index contributed by atoms with van der Waals surface area (Å²) in [6.45, 7) is 9.95. The molecule has 0 saturated carbocycles. The largest absolute Gasteiger partial charge is 0.301 e. The maximum atomic E-state index is 12.2. The fourth-order valence-corrected chi connectivity index (χ4v) is 4.09. The van der Waals surface area contributed by atoms with Crippen molar-refractivity contribution in [1.29, 1.82) is 0 Å². The first-order valence-electron chi connectivity index (χ1n) is 6.74. The zero-order chi connectivity index (χ0) is 16.2. The van der Waals surface area contributed by atoms with Gasteiger partial charge in [0.25, 0.3) is 10.0 Å². The van der Waals surface area contributed by atoms with Gasteiger partial charge in [-0.3, -0.25) is 4.79 Å². The smallest absolute Gasteiger partial charge is 0.269 e. The Hall–Kier alpha value is -1.06. The molecule has 0 fully saturated rings. The van der Waals surface area contributed by atoms with Gasteiger partial charge in [-0.25, -0.2) is 13.1 Å². The topological polar surface area (TPSA) is 101 Å². The summed E-state index contributed by atoms with van der Waals surface area (Å²) in [5.74, 6) is 0.666. The molecular weight excluding hydrogens is 312 g/mol. The predicted octanol–water partition coefficient (Wildman–Crippen LogP) is 1.70. The predicted molar refractivity (Wildman–Crippen MR) is 82.6 cm³/mol. The molecule has 120 valence electrons. The average Bonchev–Trinajstić information content (AvgIpc) is 2.76. The van der Waals surface area contributed by atoms with Gasteiger partial charge in [-0.05, 0) is 17.8 Å². The summed E-state index contributed by atoms with van der Waals surface area (Å²) in [7, 11) is -3.69. The molecule has 0 unspecified atom stereocenters. The molecule has 0 radical (unpaired) electrons. The van der Waals surface area contributed by atoms with Gasteiger partial charge >= 0.3 is 0 Å². The van der Waals surface area contributed by atoms with Crippen LogP contribution in [0.15, 0.2) is 4.34 Å². The lowest BCUT2D eigenvalue weighted by atomic mass is 9.86. The van der Waals surface area contributed by atoms with Crippen LogP contribution in [-0.2, 0) is 14.8 Å². The number of sulfonamides is 1. The molecule has 0 spiro atoms. The first-order valence-corrected chi connectivity index (χ1v) is 9.04. The van der Waals surface area contributed by atoms with Crippen molar-refractivity contribution >= 4 is 32.4 Å². The second-order valence-corrected chi connectivity index (χ2v) is 8.48. The molecule has 0 atom stereocenters. The minimum atomic E-state index is -3.69. The number of anilines is 1. The summed E-state index contributed by atoms with van der Waals surface area (Å²) >= 11 is 0.832. The van der Waals surface area contributed by atoms with Crippen LogP contribution in [0.3, 0.4) is 0 Å². The molecular formula is C12H22N4O3S2. The fourth-order valence-electron chi connectivity index (χ4n) is 2.03. The molecule has 0 aromatic carbocycles. The lowest BCUT2D eigenvalue weighted by molar-refractivity contribution is -0.114. The SMILES string of the molecule is CC(=O)Nc1nnc(S(=O)(=O)NCC(C(C)C)C(C)C)s1. The summed E-state index contributed by atoms with van der Waals surface area (Å²) in [6, 6.07) is 0. The molecule has 7 nitrogen and oxygen atoms in total. The van der Waals surface area contributed by atoms with E-state index in [9.17, 15) is 13.2 Å². The highest BCUT2D eigenvalue weighted by Crippen LogP contribution is 2.22.